The third-order valence-electron chi connectivity index (χ3n) is 5.08. The Bertz CT molecular complexity index is 622. The summed E-state index contributed by atoms with van der Waals surface area (Å²) in [5.41, 5.74) is 8.68. The Morgan fingerprint density at radius 1 is 1.12 bits per heavy atom. The van der Waals surface area contributed by atoms with Gasteiger partial charge in [-0.1, -0.05) is 32.6 Å². The molecule has 0 aromatic carbocycles. The summed E-state index contributed by atoms with van der Waals surface area (Å²) in [4.78, 5) is 13.7. The summed E-state index contributed by atoms with van der Waals surface area (Å²) in [6.07, 6.45) is 15.3. The lowest BCUT2D eigenvalue weighted by molar-refractivity contribution is 0.586. The highest BCUT2D eigenvalue weighted by atomic mass is 15.0. The molecule has 1 fully saturated rings. The quantitative estimate of drug-likeness (QED) is 0.839. The SMILES string of the molecule is CCC1CC(N)=NC(=NC2CCCCCC2)C=C1c1ccncc1. The minimum atomic E-state index is 0.387. The fourth-order valence-corrected chi connectivity index (χ4v) is 3.71. The van der Waals surface area contributed by atoms with Crippen molar-refractivity contribution in [2.24, 2.45) is 21.6 Å². The number of pyridine rings is 1. The molecular weight excluding hydrogens is 296 g/mol. The van der Waals surface area contributed by atoms with Crippen molar-refractivity contribution in [3.63, 3.8) is 0 Å². The maximum Gasteiger partial charge on any atom is 0.149 e. The fourth-order valence-electron chi connectivity index (χ4n) is 3.71. The van der Waals surface area contributed by atoms with Crippen molar-refractivity contribution in [1.82, 2.24) is 4.98 Å². The number of allylic oxidation sites excluding steroid dienone is 1. The van der Waals surface area contributed by atoms with Crippen LogP contribution in [0.1, 0.15) is 63.9 Å². The van der Waals surface area contributed by atoms with Gasteiger partial charge in [-0.25, -0.2) is 4.99 Å². The third-order valence-corrected chi connectivity index (χ3v) is 5.08. The van der Waals surface area contributed by atoms with Crippen molar-refractivity contribution in [1.29, 1.82) is 0 Å². The second-order valence-corrected chi connectivity index (χ2v) is 6.88. The van der Waals surface area contributed by atoms with Crippen molar-refractivity contribution >= 4 is 17.2 Å². The second-order valence-electron chi connectivity index (χ2n) is 6.88. The lowest BCUT2D eigenvalue weighted by atomic mass is 9.88. The van der Waals surface area contributed by atoms with E-state index < -0.39 is 0 Å². The van der Waals surface area contributed by atoms with Gasteiger partial charge in [0.25, 0.3) is 0 Å². The monoisotopic (exact) mass is 324 g/mol. The summed E-state index contributed by atoms with van der Waals surface area (Å²) in [7, 11) is 0. The van der Waals surface area contributed by atoms with Crippen LogP contribution in [0.15, 0.2) is 40.6 Å². The van der Waals surface area contributed by atoms with E-state index in [4.69, 9.17) is 10.7 Å². The molecule has 2 heterocycles. The maximum atomic E-state index is 6.19. The van der Waals surface area contributed by atoms with Crippen LogP contribution in [0.3, 0.4) is 0 Å². The highest BCUT2D eigenvalue weighted by Gasteiger charge is 2.21. The van der Waals surface area contributed by atoms with Crippen LogP contribution >= 0.6 is 0 Å². The zero-order chi connectivity index (χ0) is 16.8. The molecule has 3 rings (SSSR count). The second kappa shape index (κ2) is 8.22. The topological polar surface area (TPSA) is 63.6 Å². The van der Waals surface area contributed by atoms with E-state index in [9.17, 15) is 0 Å². The number of hydrogen-bond acceptors (Lipinski definition) is 3. The van der Waals surface area contributed by atoms with E-state index in [1.165, 1.54) is 49.7 Å². The first-order chi connectivity index (χ1) is 11.8. The Balaban J connectivity index is 1.94. The number of amidine groups is 2. The molecule has 0 amide bonds. The zero-order valence-electron chi connectivity index (χ0n) is 14.6. The van der Waals surface area contributed by atoms with Crippen molar-refractivity contribution in [3.8, 4) is 0 Å². The molecule has 1 aromatic heterocycles. The van der Waals surface area contributed by atoms with Crippen LogP contribution < -0.4 is 5.73 Å². The van der Waals surface area contributed by atoms with Gasteiger partial charge in [-0.05, 0) is 54.5 Å². The van der Waals surface area contributed by atoms with E-state index in [1.807, 2.05) is 12.4 Å². The van der Waals surface area contributed by atoms with Crippen LogP contribution in [0.25, 0.3) is 5.57 Å². The van der Waals surface area contributed by atoms with Gasteiger partial charge in [-0.3, -0.25) is 9.98 Å². The number of hydrogen-bond donors (Lipinski definition) is 1. The smallest absolute Gasteiger partial charge is 0.149 e. The van der Waals surface area contributed by atoms with E-state index in [0.717, 1.165) is 18.7 Å². The third kappa shape index (κ3) is 4.31. The Kier molecular flexibility index (Phi) is 5.78. The molecule has 24 heavy (non-hydrogen) atoms. The van der Waals surface area contributed by atoms with E-state index >= 15 is 0 Å². The van der Waals surface area contributed by atoms with E-state index in [-0.39, 0.29) is 0 Å². The van der Waals surface area contributed by atoms with Crippen molar-refractivity contribution in [2.45, 2.75) is 64.3 Å². The lowest BCUT2D eigenvalue weighted by Crippen LogP contribution is -2.17. The molecule has 1 aliphatic heterocycles. The van der Waals surface area contributed by atoms with Crippen molar-refractivity contribution < 1.29 is 0 Å². The first kappa shape index (κ1) is 16.9. The summed E-state index contributed by atoms with van der Waals surface area (Å²) in [5.74, 6) is 1.90. The molecule has 0 saturated heterocycles. The van der Waals surface area contributed by atoms with Gasteiger partial charge in [-0.15, -0.1) is 0 Å². The standard InChI is InChI=1S/C20H28N4/c1-2-15-13-19(21)24-20(23-17-7-5-3-4-6-8-17)14-18(15)16-9-11-22-12-10-16/h9-12,14-15,17H,2-8,13H2,1H3,(H2,21,23,24). The Morgan fingerprint density at radius 2 is 1.83 bits per heavy atom. The Hall–Kier alpha value is -1.97. The Labute approximate surface area is 145 Å². The van der Waals surface area contributed by atoms with Gasteiger partial charge in [0.05, 0.1) is 6.04 Å². The molecule has 1 aromatic rings. The van der Waals surface area contributed by atoms with Crippen LogP contribution in [0.5, 0.6) is 0 Å². The van der Waals surface area contributed by atoms with Crippen LogP contribution in [0.4, 0.5) is 0 Å². The highest BCUT2D eigenvalue weighted by molar-refractivity contribution is 6.08. The van der Waals surface area contributed by atoms with Gasteiger partial charge in [0.15, 0.2) is 0 Å². The zero-order valence-corrected chi connectivity index (χ0v) is 14.6. The van der Waals surface area contributed by atoms with Gasteiger partial charge in [0.2, 0.25) is 0 Å². The summed E-state index contributed by atoms with van der Waals surface area (Å²) < 4.78 is 0. The van der Waals surface area contributed by atoms with Crippen LogP contribution in [0, 0.1) is 5.92 Å². The van der Waals surface area contributed by atoms with Crippen LogP contribution in [-0.4, -0.2) is 22.7 Å². The fraction of sp³-hybridized carbons (Fsp3) is 0.550. The first-order valence-corrected chi connectivity index (χ1v) is 9.29. The molecule has 1 aliphatic carbocycles. The number of nitrogens with zero attached hydrogens (tertiary/aromatic N) is 3. The van der Waals surface area contributed by atoms with Gasteiger partial charge in [0.1, 0.15) is 11.7 Å². The molecule has 0 bridgehead atoms. The predicted octanol–water partition coefficient (Wildman–Crippen LogP) is 4.37. The molecule has 1 saturated carbocycles. The summed E-state index contributed by atoms with van der Waals surface area (Å²) >= 11 is 0. The molecule has 1 unspecified atom stereocenters. The normalized spacial score (nSPS) is 24.9. The van der Waals surface area contributed by atoms with E-state index in [0.29, 0.717) is 17.8 Å². The number of nitrogens with two attached hydrogens (primary N) is 1. The summed E-state index contributed by atoms with van der Waals surface area (Å²) in [5, 5.41) is 0. The molecule has 128 valence electrons. The van der Waals surface area contributed by atoms with Gasteiger partial charge in [0, 0.05) is 18.8 Å². The van der Waals surface area contributed by atoms with Gasteiger partial charge < -0.3 is 5.73 Å². The molecule has 0 radical (unpaired) electrons. The van der Waals surface area contributed by atoms with E-state index in [1.54, 1.807) is 0 Å². The first-order valence-electron chi connectivity index (χ1n) is 9.29. The molecule has 1 atom stereocenters. The molecule has 2 aliphatic rings. The molecule has 2 N–H and O–H groups in total. The van der Waals surface area contributed by atoms with Crippen molar-refractivity contribution in [3.05, 3.63) is 36.2 Å². The molecule has 4 heteroatoms. The number of rotatable bonds is 3. The van der Waals surface area contributed by atoms with Gasteiger partial charge >= 0.3 is 0 Å². The van der Waals surface area contributed by atoms with Crippen LogP contribution in [-0.2, 0) is 0 Å². The van der Waals surface area contributed by atoms with Gasteiger partial charge in [-0.2, -0.15) is 0 Å². The average molecular weight is 324 g/mol. The largest absolute Gasteiger partial charge is 0.387 e. The summed E-state index contributed by atoms with van der Waals surface area (Å²) in [6, 6.07) is 4.53. The summed E-state index contributed by atoms with van der Waals surface area (Å²) in [6.45, 7) is 2.21. The minimum absolute atomic E-state index is 0.387. The average Bonchev–Trinajstić information content (AvgIpc) is 2.94. The highest BCUT2D eigenvalue weighted by Crippen LogP contribution is 2.31. The number of aromatic nitrogens is 1. The molecular formula is C20H28N4. The van der Waals surface area contributed by atoms with Crippen molar-refractivity contribution in [2.75, 3.05) is 0 Å². The van der Waals surface area contributed by atoms with Crippen LogP contribution in [0.2, 0.25) is 0 Å². The maximum absolute atomic E-state index is 6.19. The molecule has 4 nitrogen and oxygen atoms in total. The van der Waals surface area contributed by atoms with E-state index in [2.05, 4.69) is 35.1 Å². The minimum Gasteiger partial charge on any atom is -0.387 e. The lowest BCUT2D eigenvalue weighted by Gasteiger charge is -2.17. The predicted molar refractivity (Wildman–Crippen MR) is 101 cm³/mol. The Morgan fingerprint density at radius 3 is 2.50 bits per heavy atom. The number of aliphatic imine (C=N–C) groups is 2. The molecule has 0 spiro atoms.